The summed E-state index contributed by atoms with van der Waals surface area (Å²) in [5, 5.41) is 2.53. The van der Waals surface area contributed by atoms with Gasteiger partial charge in [-0.05, 0) is 19.8 Å². The second kappa shape index (κ2) is 5.71. The lowest BCUT2D eigenvalue weighted by Crippen LogP contribution is -2.19. The molecule has 2 nitrogen and oxygen atoms in total. The second-order valence-corrected chi connectivity index (χ2v) is 2.29. The molecule has 0 radical (unpaired) electrons. The fourth-order valence-corrected chi connectivity index (χ4v) is 0.715. The first-order valence-corrected chi connectivity index (χ1v) is 3.73. The standard InChI is InChI=1S/C9H15NO/c1-4-5-6-7-8(2)9(11)10-3/h4-5H,2,6-7H2,1,3H3,(H,10,11)/b5-4-. The van der Waals surface area contributed by atoms with Crippen molar-refractivity contribution in [1.29, 1.82) is 0 Å². The van der Waals surface area contributed by atoms with Gasteiger partial charge in [-0.25, -0.2) is 0 Å². The number of nitrogens with one attached hydrogen (secondary N) is 1. The van der Waals surface area contributed by atoms with Crippen LogP contribution in [0.15, 0.2) is 24.3 Å². The highest BCUT2D eigenvalue weighted by atomic mass is 16.1. The van der Waals surface area contributed by atoms with Gasteiger partial charge in [0.05, 0.1) is 0 Å². The zero-order chi connectivity index (χ0) is 8.69. The fraction of sp³-hybridized carbons (Fsp3) is 0.444. The highest BCUT2D eigenvalue weighted by molar-refractivity contribution is 5.92. The normalized spacial score (nSPS) is 10.0. The van der Waals surface area contributed by atoms with Crippen molar-refractivity contribution in [3.8, 4) is 0 Å². The fourth-order valence-electron chi connectivity index (χ4n) is 0.715. The van der Waals surface area contributed by atoms with Gasteiger partial charge >= 0.3 is 0 Å². The van der Waals surface area contributed by atoms with E-state index < -0.39 is 0 Å². The predicted molar refractivity (Wildman–Crippen MR) is 47.3 cm³/mol. The molecule has 0 aromatic carbocycles. The van der Waals surface area contributed by atoms with E-state index in [4.69, 9.17) is 0 Å². The Hall–Kier alpha value is -1.05. The lowest BCUT2D eigenvalue weighted by Gasteiger charge is -2.00. The summed E-state index contributed by atoms with van der Waals surface area (Å²) in [6.45, 7) is 5.61. The van der Waals surface area contributed by atoms with Gasteiger partial charge in [-0.3, -0.25) is 4.79 Å². The Labute approximate surface area is 68.0 Å². The van der Waals surface area contributed by atoms with Gasteiger partial charge < -0.3 is 5.32 Å². The molecule has 0 saturated heterocycles. The van der Waals surface area contributed by atoms with Crippen LogP contribution in [0.1, 0.15) is 19.8 Å². The quantitative estimate of drug-likeness (QED) is 0.483. The molecule has 0 aliphatic carbocycles. The number of rotatable bonds is 4. The first-order chi connectivity index (χ1) is 5.22. The van der Waals surface area contributed by atoms with Crippen molar-refractivity contribution >= 4 is 5.91 Å². The van der Waals surface area contributed by atoms with Crippen LogP contribution in [0, 0.1) is 0 Å². The number of hydrogen-bond acceptors (Lipinski definition) is 1. The van der Waals surface area contributed by atoms with Crippen LogP contribution in [0.25, 0.3) is 0 Å². The van der Waals surface area contributed by atoms with E-state index in [0.29, 0.717) is 5.57 Å². The Morgan fingerprint density at radius 3 is 2.73 bits per heavy atom. The van der Waals surface area contributed by atoms with E-state index in [9.17, 15) is 4.79 Å². The summed E-state index contributed by atoms with van der Waals surface area (Å²) in [4.78, 5) is 10.9. The first-order valence-electron chi connectivity index (χ1n) is 3.73. The molecular weight excluding hydrogens is 138 g/mol. The maximum atomic E-state index is 10.9. The summed E-state index contributed by atoms with van der Waals surface area (Å²) < 4.78 is 0. The third-order valence-corrected chi connectivity index (χ3v) is 1.40. The van der Waals surface area contributed by atoms with Crippen LogP contribution >= 0.6 is 0 Å². The molecule has 0 heterocycles. The molecule has 0 aliphatic heterocycles. The van der Waals surface area contributed by atoms with Crippen LogP contribution in [-0.4, -0.2) is 13.0 Å². The molecule has 0 aliphatic rings. The Kier molecular flexibility index (Phi) is 5.17. The van der Waals surface area contributed by atoms with E-state index in [1.165, 1.54) is 0 Å². The number of carbonyl (C=O) groups excluding carboxylic acids is 1. The van der Waals surface area contributed by atoms with E-state index >= 15 is 0 Å². The third-order valence-electron chi connectivity index (χ3n) is 1.40. The molecule has 62 valence electrons. The van der Waals surface area contributed by atoms with Gasteiger partial charge in [-0.15, -0.1) is 0 Å². The number of allylic oxidation sites excluding steroid dienone is 2. The van der Waals surface area contributed by atoms with Crippen molar-refractivity contribution in [3.05, 3.63) is 24.3 Å². The SMILES string of the molecule is C=C(CC/C=C\C)C(=O)NC. The maximum Gasteiger partial charge on any atom is 0.246 e. The third kappa shape index (κ3) is 4.37. The zero-order valence-electron chi connectivity index (χ0n) is 7.18. The monoisotopic (exact) mass is 153 g/mol. The average molecular weight is 153 g/mol. The second-order valence-electron chi connectivity index (χ2n) is 2.29. The van der Waals surface area contributed by atoms with Crippen molar-refractivity contribution in [1.82, 2.24) is 5.32 Å². The average Bonchev–Trinajstić information content (AvgIpc) is 2.03. The van der Waals surface area contributed by atoms with E-state index in [1.807, 2.05) is 19.1 Å². The Bertz CT molecular complexity index is 170. The van der Waals surface area contributed by atoms with Gasteiger partial charge in [0.15, 0.2) is 0 Å². The summed E-state index contributed by atoms with van der Waals surface area (Å²) in [5.41, 5.74) is 0.644. The summed E-state index contributed by atoms with van der Waals surface area (Å²) in [7, 11) is 1.61. The first kappa shape index (κ1) is 9.95. The molecule has 0 aromatic heterocycles. The van der Waals surface area contributed by atoms with Crippen molar-refractivity contribution in [2.75, 3.05) is 7.05 Å². The molecule has 0 unspecified atom stereocenters. The number of hydrogen-bond donors (Lipinski definition) is 1. The lowest BCUT2D eigenvalue weighted by molar-refractivity contribution is -0.117. The molecule has 0 aromatic rings. The predicted octanol–water partition coefficient (Wildman–Crippen LogP) is 1.64. The van der Waals surface area contributed by atoms with Crippen molar-refractivity contribution in [2.24, 2.45) is 0 Å². The molecule has 1 amide bonds. The van der Waals surface area contributed by atoms with Crippen molar-refractivity contribution in [2.45, 2.75) is 19.8 Å². The molecule has 0 fully saturated rings. The van der Waals surface area contributed by atoms with Gasteiger partial charge in [0, 0.05) is 12.6 Å². The Morgan fingerprint density at radius 2 is 2.27 bits per heavy atom. The van der Waals surface area contributed by atoms with E-state index in [-0.39, 0.29) is 5.91 Å². The largest absolute Gasteiger partial charge is 0.355 e. The van der Waals surface area contributed by atoms with Crippen LogP contribution in [0.3, 0.4) is 0 Å². The molecule has 0 saturated carbocycles. The van der Waals surface area contributed by atoms with Gasteiger partial charge in [-0.2, -0.15) is 0 Å². The minimum Gasteiger partial charge on any atom is -0.355 e. The van der Waals surface area contributed by atoms with Crippen LogP contribution in [-0.2, 0) is 4.79 Å². The van der Waals surface area contributed by atoms with Crippen LogP contribution in [0.4, 0.5) is 0 Å². The summed E-state index contributed by atoms with van der Waals surface area (Å²) >= 11 is 0. The van der Waals surface area contributed by atoms with Gasteiger partial charge in [0.25, 0.3) is 0 Å². The molecule has 2 heteroatoms. The molecule has 1 N–H and O–H groups in total. The molecular formula is C9H15NO. The minimum absolute atomic E-state index is 0.0606. The van der Waals surface area contributed by atoms with E-state index in [2.05, 4.69) is 11.9 Å². The molecule has 0 spiro atoms. The summed E-state index contributed by atoms with van der Waals surface area (Å²) in [6.07, 6.45) is 5.62. The van der Waals surface area contributed by atoms with Gasteiger partial charge in [-0.1, -0.05) is 18.7 Å². The Morgan fingerprint density at radius 1 is 1.64 bits per heavy atom. The summed E-state index contributed by atoms with van der Waals surface area (Å²) in [6, 6.07) is 0. The summed E-state index contributed by atoms with van der Waals surface area (Å²) in [5.74, 6) is -0.0606. The Balaban J connectivity index is 3.61. The highest BCUT2D eigenvalue weighted by Crippen LogP contribution is 2.02. The van der Waals surface area contributed by atoms with Crippen LogP contribution in [0.2, 0.25) is 0 Å². The maximum absolute atomic E-state index is 10.9. The number of amides is 1. The molecule has 11 heavy (non-hydrogen) atoms. The number of carbonyl (C=O) groups is 1. The topological polar surface area (TPSA) is 29.1 Å². The minimum atomic E-state index is -0.0606. The highest BCUT2D eigenvalue weighted by Gasteiger charge is 2.01. The van der Waals surface area contributed by atoms with Gasteiger partial charge in [0.1, 0.15) is 0 Å². The molecule has 0 rings (SSSR count). The smallest absolute Gasteiger partial charge is 0.246 e. The zero-order valence-corrected chi connectivity index (χ0v) is 7.18. The number of likely N-dealkylation sites (N-methyl/N-ethyl adjacent to an activating group) is 1. The van der Waals surface area contributed by atoms with Crippen molar-refractivity contribution < 1.29 is 4.79 Å². The van der Waals surface area contributed by atoms with Crippen molar-refractivity contribution in [3.63, 3.8) is 0 Å². The lowest BCUT2D eigenvalue weighted by atomic mass is 10.1. The van der Waals surface area contributed by atoms with Crippen LogP contribution in [0.5, 0.6) is 0 Å². The van der Waals surface area contributed by atoms with E-state index in [1.54, 1.807) is 7.05 Å². The molecule has 0 atom stereocenters. The molecule has 0 bridgehead atoms. The van der Waals surface area contributed by atoms with E-state index in [0.717, 1.165) is 12.8 Å². The van der Waals surface area contributed by atoms with Crippen LogP contribution < -0.4 is 5.32 Å². The van der Waals surface area contributed by atoms with Gasteiger partial charge in [0.2, 0.25) is 5.91 Å².